The molecule has 0 bridgehead atoms. The summed E-state index contributed by atoms with van der Waals surface area (Å²) in [4.78, 5) is 14.8. The van der Waals surface area contributed by atoms with Gasteiger partial charge in [0.1, 0.15) is 5.82 Å². The average molecular weight is 194 g/mol. The Hall–Kier alpha value is -1.40. The molecule has 1 aromatic heterocycles. The Bertz CT molecular complexity index is 313. The third-order valence-corrected chi connectivity index (χ3v) is 1.67. The average Bonchev–Trinajstić information content (AvgIpc) is 2.18. The second kappa shape index (κ2) is 4.73. The maximum absolute atomic E-state index is 11.0. The van der Waals surface area contributed by atoms with Crippen LogP contribution in [-0.2, 0) is 4.79 Å². The number of anilines is 1. The molecule has 3 N–H and O–H groups in total. The van der Waals surface area contributed by atoms with Gasteiger partial charge in [-0.05, 0) is 6.07 Å². The van der Waals surface area contributed by atoms with Gasteiger partial charge in [0.05, 0.1) is 0 Å². The summed E-state index contributed by atoms with van der Waals surface area (Å²) in [7, 11) is -1.53. The molecular weight excluding hydrogens is 183 g/mol. The van der Waals surface area contributed by atoms with Crippen molar-refractivity contribution in [3.63, 3.8) is 0 Å². The van der Waals surface area contributed by atoms with E-state index in [1.54, 1.807) is 6.92 Å². The first-order valence-electron chi connectivity index (χ1n) is 4.25. The number of aromatic nitrogens is 1. The molecule has 0 aromatic carbocycles. The molecule has 0 fully saturated rings. The largest absolute Gasteiger partial charge is 0.490 e. The van der Waals surface area contributed by atoms with Crippen molar-refractivity contribution in [2.45, 2.75) is 13.3 Å². The SMILES string of the molecule is CCC(=O)Nc1ccc(B(O)O)cn1. The van der Waals surface area contributed by atoms with Gasteiger partial charge >= 0.3 is 7.12 Å². The lowest BCUT2D eigenvalue weighted by Crippen LogP contribution is -2.30. The van der Waals surface area contributed by atoms with Crippen LogP contribution in [0.2, 0.25) is 0 Å². The van der Waals surface area contributed by atoms with E-state index >= 15 is 0 Å². The van der Waals surface area contributed by atoms with Gasteiger partial charge in [0.2, 0.25) is 5.91 Å². The van der Waals surface area contributed by atoms with Crippen LogP contribution in [0.5, 0.6) is 0 Å². The van der Waals surface area contributed by atoms with E-state index in [1.165, 1.54) is 18.3 Å². The van der Waals surface area contributed by atoms with Gasteiger partial charge in [-0.15, -0.1) is 0 Å². The van der Waals surface area contributed by atoms with Crippen molar-refractivity contribution in [3.05, 3.63) is 18.3 Å². The summed E-state index contributed by atoms with van der Waals surface area (Å²) in [5.74, 6) is 0.274. The van der Waals surface area contributed by atoms with Gasteiger partial charge in [-0.2, -0.15) is 0 Å². The molecule has 1 amide bonds. The summed E-state index contributed by atoms with van der Waals surface area (Å²) in [6.07, 6.45) is 1.68. The van der Waals surface area contributed by atoms with E-state index in [9.17, 15) is 4.79 Å². The lowest BCUT2D eigenvalue weighted by atomic mass is 9.82. The predicted octanol–water partition coefficient (Wildman–Crippen LogP) is -0.890. The molecule has 6 heteroatoms. The molecule has 74 valence electrons. The standard InChI is InChI=1S/C8H11BN2O3/c1-2-8(12)11-7-4-3-6(5-10-7)9(13)14/h3-5,13-14H,2H2,1H3,(H,10,11,12). The van der Waals surface area contributed by atoms with Crippen LogP contribution in [0.3, 0.4) is 0 Å². The highest BCUT2D eigenvalue weighted by Gasteiger charge is 2.10. The number of nitrogens with zero attached hydrogens (tertiary/aromatic N) is 1. The van der Waals surface area contributed by atoms with Gasteiger partial charge in [-0.1, -0.05) is 13.0 Å². The highest BCUT2D eigenvalue weighted by Crippen LogP contribution is 1.99. The molecule has 0 radical (unpaired) electrons. The molecule has 0 unspecified atom stereocenters. The number of amides is 1. The third kappa shape index (κ3) is 2.83. The maximum Gasteiger partial charge on any atom is 0.490 e. The van der Waals surface area contributed by atoms with Crippen LogP contribution in [0.25, 0.3) is 0 Å². The quantitative estimate of drug-likeness (QED) is 0.545. The number of hydrogen-bond donors (Lipinski definition) is 3. The smallest absolute Gasteiger partial charge is 0.423 e. The first kappa shape index (κ1) is 10.7. The molecule has 1 aromatic rings. The summed E-state index contributed by atoms with van der Waals surface area (Å²) >= 11 is 0. The Labute approximate surface area is 81.9 Å². The number of carbonyl (C=O) groups is 1. The fourth-order valence-electron chi connectivity index (χ4n) is 0.863. The lowest BCUT2D eigenvalue weighted by Gasteiger charge is -2.03. The molecule has 5 nitrogen and oxygen atoms in total. The number of carbonyl (C=O) groups excluding carboxylic acids is 1. The summed E-state index contributed by atoms with van der Waals surface area (Å²) in [5, 5.41) is 20.1. The Morgan fingerprint density at radius 3 is 2.71 bits per heavy atom. The topological polar surface area (TPSA) is 82.5 Å². The minimum absolute atomic E-state index is 0.130. The summed E-state index contributed by atoms with van der Waals surface area (Å²) in [6, 6.07) is 3.01. The molecule has 0 aliphatic rings. The lowest BCUT2D eigenvalue weighted by molar-refractivity contribution is -0.115. The van der Waals surface area contributed by atoms with Crippen molar-refractivity contribution in [2.24, 2.45) is 0 Å². The summed E-state index contributed by atoms with van der Waals surface area (Å²) in [6.45, 7) is 1.74. The van der Waals surface area contributed by atoms with Crippen molar-refractivity contribution in [1.29, 1.82) is 0 Å². The predicted molar refractivity (Wildman–Crippen MR) is 53.0 cm³/mol. The number of rotatable bonds is 3. The van der Waals surface area contributed by atoms with E-state index in [2.05, 4.69) is 10.3 Å². The van der Waals surface area contributed by atoms with E-state index in [0.29, 0.717) is 17.7 Å². The van der Waals surface area contributed by atoms with E-state index in [4.69, 9.17) is 10.0 Å². The Morgan fingerprint density at radius 1 is 1.57 bits per heavy atom. The molecular formula is C8H11BN2O3. The van der Waals surface area contributed by atoms with Crippen molar-refractivity contribution in [3.8, 4) is 0 Å². The summed E-state index contributed by atoms with van der Waals surface area (Å²) < 4.78 is 0. The van der Waals surface area contributed by atoms with E-state index in [1.807, 2.05) is 0 Å². The van der Waals surface area contributed by atoms with E-state index in [-0.39, 0.29) is 5.91 Å². The van der Waals surface area contributed by atoms with Gasteiger partial charge in [0, 0.05) is 18.1 Å². The second-order valence-electron chi connectivity index (χ2n) is 2.75. The Kier molecular flexibility index (Phi) is 3.61. The Morgan fingerprint density at radius 2 is 2.29 bits per heavy atom. The van der Waals surface area contributed by atoms with Gasteiger partial charge in [0.15, 0.2) is 0 Å². The van der Waals surface area contributed by atoms with Crippen LogP contribution in [0.4, 0.5) is 5.82 Å². The fraction of sp³-hybridized carbons (Fsp3) is 0.250. The first-order valence-corrected chi connectivity index (χ1v) is 4.25. The zero-order chi connectivity index (χ0) is 10.6. The molecule has 1 rings (SSSR count). The molecule has 0 aliphatic carbocycles. The first-order chi connectivity index (χ1) is 6.63. The van der Waals surface area contributed by atoms with Crippen molar-refractivity contribution < 1.29 is 14.8 Å². The normalized spacial score (nSPS) is 9.64. The second-order valence-corrected chi connectivity index (χ2v) is 2.75. The van der Waals surface area contributed by atoms with Gasteiger partial charge in [-0.3, -0.25) is 4.79 Å². The monoisotopic (exact) mass is 194 g/mol. The zero-order valence-corrected chi connectivity index (χ0v) is 7.77. The number of hydrogen-bond acceptors (Lipinski definition) is 4. The molecule has 0 saturated carbocycles. The molecule has 14 heavy (non-hydrogen) atoms. The highest BCUT2D eigenvalue weighted by molar-refractivity contribution is 6.58. The van der Waals surface area contributed by atoms with Crippen LogP contribution in [0.1, 0.15) is 13.3 Å². The van der Waals surface area contributed by atoms with Gasteiger partial charge in [-0.25, -0.2) is 4.98 Å². The van der Waals surface area contributed by atoms with E-state index in [0.717, 1.165) is 0 Å². The van der Waals surface area contributed by atoms with Crippen LogP contribution in [-0.4, -0.2) is 28.1 Å². The third-order valence-electron chi connectivity index (χ3n) is 1.67. The zero-order valence-electron chi connectivity index (χ0n) is 7.77. The maximum atomic E-state index is 11.0. The summed E-state index contributed by atoms with van der Waals surface area (Å²) in [5.41, 5.74) is 0.291. The van der Waals surface area contributed by atoms with Gasteiger partial charge in [0.25, 0.3) is 0 Å². The Balaban J connectivity index is 2.69. The molecule has 0 saturated heterocycles. The number of pyridine rings is 1. The minimum Gasteiger partial charge on any atom is -0.423 e. The van der Waals surface area contributed by atoms with Crippen molar-refractivity contribution >= 4 is 24.3 Å². The molecule has 0 aliphatic heterocycles. The van der Waals surface area contributed by atoms with Gasteiger partial charge < -0.3 is 15.4 Å². The van der Waals surface area contributed by atoms with Crippen LogP contribution in [0.15, 0.2) is 18.3 Å². The van der Waals surface area contributed by atoms with Crippen molar-refractivity contribution in [1.82, 2.24) is 4.98 Å². The van der Waals surface area contributed by atoms with Crippen LogP contribution >= 0.6 is 0 Å². The fourth-order valence-corrected chi connectivity index (χ4v) is 0.863. The van der Waals surface area contributed by atoms with Crippen LogP contribution in [0, 0.1) is 0 Å². The molecule has 1 heterocycles. The highest BCUT2D eigenvalue weighted by atomic mass is 16.4. The minimum atomic E-state index is -1.53. The molecule has 0 spiro atoms. The molecule has 0 atom stereocenters. The van der Waals surface area contributed by atoms with Crippen molar-refractivity contribution in [2.75, 3.05) is 5.32 Å². The number of nitrogens with one attached hydrogen (secondary N) is 1. The van der Waals surface area contributed by atoms with Crippen LogP contribution < -0.4 is 10.8 Å². The van der Waals surface area contributed by atoms with E-state index < -0.39 is 7.12 Å².